The molecule has 3 aromatic carbocycles. The molecular formula is C32H33ClN4O4S. The average molecular weight is 605 g/mol. The number of carbonyl (C=O) groups is 2. The highest BCUT2D eigenvalue weighted by atomic mass is 35.5. The topological polar surface area (TPSA) is 99.7 Å². The van der Waals surface area contributed by atoms with Crippen molar-refractivity contribution >= 4 is 33.4 Å². The Hall–Kier alpha value is -4.05. The number of pyridine rings is 1. The molecule has 0 saturated carbocycles. The molecule has 1 aromatic heterocycles. The molecule has 0 radical (unpaired) electrons. The quantitative estimate of drug-likeness (QED) is 0.243. The Morgan fingerprint density at radius 2 is 1.36 bits per heavy atom. The van der Waals surface area contributed by atoms with Gasteiger partial charge in [0.05, 0.1) is 12.8 Å². The summed E-state index contributed by atoms with van der Waals surface area (Å²) in [6, 6.07) is 28.2. The van der Waals surface area contributed by atoms with Crippen LogP contribution in [0.2, 0.25) is 5.02 Å². The molecular weight excluding hydrogens is 572 g/mol. The van der Waals surface area contributed by atoms with Crippen molar-refractivity contribution in [1.29, 1.82) is 0 Å². The number of benzene rings is 3. The number of carbonyl (C=O) groups excluding carboxylic acids is 2. The fourth-order valence-corrected chi connectivity index (χ4v) is 5.32. The van der Waals surface area contributed by atoms with E-state index in [2.05, 4.69) is 10.3 Å². The van der Waals surface area contributed by atoms with Crippen molar-refractivity contribution in [2.24, 2.45) is 0 Å². The van der Waals surface area contributed by atoms with E-state index in [1.807, 2.05) is 48.5 Å². The number of aromatic nitrogens is 1. The zero-order chi connectivity index (χ0) is 30.0. The van der Waals surface area contributed by atoms with Crippen LogP contribution >= 0.6 is 11.6 Å². The fourth-order valence-electron chi connectivity index (χ4n) is 4.47. The molecule has 0 aliphatic carbocycles. The molecule has 8 nitrogen and oxygen atoms in total. The Kier molecular flexibility index (Phi) is 10.8. The van der Waals surface area contributed by atoms with Crippen LogP contribution in [-0.2, 0) is 45.7 Å². The Bertz CT molecular complexity index is 1550. The monoisotopic (exact) mass is 604 g/mol. The van der Waals surface area contributed by atoms with Gasteiger partial charge in [-0.1, -0.05) is 84.4 Å². The van der Waals surface area contributed by atoms with Gasteiger partial charge in [0, 0.05) is 43.5 Å². The number of nitrogens with zero attached hydrogens (tertiary/aromatic N) is 3. The van der Waals surface area contributed by atoms with Crippen LogP contribution in [0.5, 0.6) is 0 Å². The van der Waals surface area contributed by atoms with E-state index >= 15 is 0 Å². The number of amides is 2. The smallest absolute Gasteiger partial charge is 0.243 e. The maximum atomic E-state index is 14.1. The molecule has 0 fully saturated rings. The summed E-state index contributed by atoms with van der Waals surface area (Å²) in [6.45, 7) is -0.0692. The SMILES string of the molecule is CS(=O)(=O)N(CC(=O)N(Cc1ccc(Cl)cc1)[C@@H](Cc1ccccc1)C(=O)NCc1ccncc1)Cc1ccccc1. The molecule has 4 aromatic rings. The summed E-state index contributed by atoms with van der Waals surface area (Å²) < 4.78 is 26.7. The van der Waals surface area contributed by atoms with E-state index in [9.17, 15) is 18.0 Å². The third-order valence-electron chi connectivity index (χ3n) is 6.74. The van der Waals surface area contributed by atoms with Crippen molar-refractivity contribution in [3.8, 4) is 0 Å². The maximum Gasteiger partial charge on any atom is 0.243 e. The van der Waals surface area contributed by atoms with Crippen molar-refractivity contribution < 1.29 is 18.0 Å². The summed E-state index contributed by atoms with van der Waals surface area (Å²) in [5.74, 6) is -0.849. The van der Waals surface area contributed by atoms with Gasteiger partial charge in [0.2, 0.25) is 21.8 Å². The van der Waals surface area contributed by atoms with E-state index in [-0.39, 0.29) is 32.0 Å². The lowest BCUT2D eigenvalue weighted by Gasteiger charge is -2.33. The Morgan fingerprint density at radius 3 is 1.95 bits per heavy atom. The Balaban J connectivity index is 1.67. The molecule has 0 unspecified atom stereocenters. The van der Waals surface area contributed by atoms with Gasteiger partial charge in [0.25, 0.3) is 0 Å². The Morgan fingerprint density at radius 1 is 0.786 bits per heavy atom. The highest BCUT2D eigenvalue weighted by Gasteiger charge is 2.32. The van der Waals surface area contributed by atoms with Crippen molar-refractivity contribution in [3.05, 3.63) is 137 Å². The molecule has 218 valence electrons. The molecule has 0 spiro atoms. The van der Waals surface area contributed by atoms with Crippen LogP contribution in [0, 0.1) is 0 Å². The molecule has 2 amide bonds. The largest absolute Gasteiger partial charge is 0.350 e. The number of nitrogens with one attached hydrogen (secondary N) is 1. The first-order chi connectivity index (χ1) is 20.2. The van der Waals surface area contributed by atoms with Crippen LogP contribution in [0.1, 0.15) is 22.3 Å². The second kappa shape index (κ2) is 14.7. The molecule has 42 heavy (non-hydrogen) atoms. The minimum atomic E-state index is -3.76. The molecule has 1 N–H and O–H groups in total. The van der Waals surface area contributed by atoms with Gasteiger partial charge in [-0.15, -0.1) is 0 Å². The second-order valence-electron chi connectivity index (χ2n) is 9.94. The molecule has 4 rings (SSSR count). The number of hydrogen-bond acceptors (Lipinski definition) is 5. The summed E-state index contributed by atoms with van der Waals surface area (Å²) >= 11 is 6.10. The lowest BCUT2D eigenvalue weighted by atomic mass is 10.0. The molecule has 10 heteroatoms. The first-order valence-corrected chi connectivity index (χ1v) is 15.6. The number of hydrogen-bond donors (Lipinski definition) is 1. The van der Waals surface area contributed by atoms with Gasteiger partial charge in [-0.3, -0.25) is 14.6 Å². The number of sulfonamides is 1. The predicted octanol–water partition coefficient (Wildman–Crippen LogP) is 4.45. The van der Waals surface area contributed by atoms with E-state index in [4.69, 9.17) is 11.6 Å². The van der Waals surface area contributed by atoms with Gasteiger partial charge >= 0.3 is 0 Å². The summed E-state index contributed by atoms with van der Waals surface area (Å²) in [5, 5.41) is 3.50. The van der Waals surface area contributed by atoms with E-state index in [1.54, 1.807) is 60.9 Å². The van der Waals surface area contributed by atoms with Crippen LogP contribution in [0.3, 0.4) is 0 Å². The highest BCUT2D eigenvalue weighted by Crippen LogP contribution is 2.18. The second-order valence-corrected chi connectivity index (χ2v) is 12.4. The van der Waals surface area contributed by atoms with Gasteiger partial charge in [-0.05, 0) is 46.5 Å². The van der Waals surface area contributed by atoms with Crippen LogP contribution in [0.25, 0.3) is 0 Å². The average Bonchev–Trinajstić information content (AvgIpc) is 2.99. The van der Waals surface area contributed by atoms with Gasteiger partial charge in [0.1, 0.15) is 6.04 Å². The Labute approximate surface area is 252 Å². The standard InChI is InChI=1S/C32H33ClN4O4S/c1-42(40,41)36(22-27-10-6-3-7-11-27)24-31(38)37(23-28-12-14-29(33)15-13-28)30(20-25-8-4-2-5-9-25)32(39)35-21-26-16-18-34-19-17-26/h2-19,30H,20-24H2,1H3,(H,35,39)/t30-/m0/s1. The van der Waals surface area contributed by atoms with Gasteiger partial charge < -0.3 is 10.2 Å². The lowest BCUT2D eigenvalue weighted by Crippen LogP contribution is -2.53. The predicted molar refractivity (Wildman–Crippen MR) is 164 cm³/mol. The summed E-state index contributed by atoms with van der Waals surface area (Å²) in [4.78, 5) is 33.4. The minimum Gasteiger partial charge on any atom is -0.350 e. The van der Waals surface area contributed by atoms with E-state index in [0.29, 0.717) is 5.02 Å². The molecule has 1 atom stereocenters. The first-order valence-electron chi connectivity index (χ1n) is 13.4. The van der Waals surface area contributed by atoms with Crippen molar-refractivity contribution in [2.45, 2.75) is 32.1 Å². The highest BCUT2D eigenvalue weighted by molar-refractivity contribution is 7.88. The molecule has 0 aliphatic heterocycles. The zero-order valence-corrected chi connectivity index (χ0v) is 24.8. The zero-order valence-electron chi connectivity index (χ0n) is 23.3. The summed E-state index contributed by atoms with van der Waals surface area (Å²) in [5.41, 5.74) is 3.22. The maximum absolute atomic E-state index is 14.1. The summed E-state index contributed by atoms with van der Waals surface area (Å²) in [7, 11) is -3.76. The fraction of sp³-hybridized carbons (Fsp3) is 0.219. The molecule has 0 saturated heterocycles. The van der Waals surface area contributed by atoms with Crippen LogP contribution < -0.4 is 5.32 Å². The van der Waals surface area contributed by atoms with Crippen molar-refractivity contribution in [2.75, 3.05) is 12.8 Å². The van der Waals surface area contributed by atoms with E-state index < -0.39 is 28.5 Å². The van der Waals surface area contributed by atoms with Gasteiger partial charge in [-0.25, -0.2) is 8.42 Å². The first kappa shape index (κ1) is 30.9. The third kappa shape index (κ3) is 9.24. The number of rotatable bonds is 13. The van der Waals surface area contributed by atoms with Gasteiger partial charge in [0.15, 0.2) is 0 Å². The third-order valence-corrected chi connectivity index (χ3v) is 8.18. The normalized spacial score (nSPS) is 12.1. The van der Waals surface area contributed by atoms with Crippen molar-refractivity contribution in [1.82, 2.24) is 19.5 Å². The number of halogens is 1. The van der Waals surface area contributed by atoms with Crippen LogP contribution in [0.15, 0.2) is 109 Å². The molecule has 1 heterocycles. The van der Waals surface area contributed by atoms with Gasteiger partial charge in [-0.2, -0.15) is 4.31 Å². The molecule has 0 aliphatic rings. The van der Waals surface area contributed by atoms with Crippen LogP contribution in [-0.4, -0.2) is 53.3 Å². The van der Waals surface area contributed by atoms with Crippen LogP contribution in [0.4, 0.5) is 0 Å². The minimum absolute atomic E-state index is 0.0256. The van der Waals surface area contributed by atoms with Crippen molar-refractivity contribution in [3.63, 3.8) is 0 Å². The lowest BCUT2D eigenvalue weighted by molar-refractivity contribution is -0.141. The van der Waals surface area contributed by atoms with E-state index in [1.165, 1.54) is 4.90 Å². The summed E-state index contributed by atoms with van der Waals surface area (Å²) in [6.07, 6.45) is 4.60. The molecule has 0 bridgehead atoms. The van der Waals surface area contributed by atoms with E-state index in [0.717, 1.165) is 32.8 Å².